The number of hydrogen-bond acceptors (Lipinski definition) is 3. The number of carbonyl (C=O) groups is 1. The van der Waals surface area contributed by atoms with Gasteiger partial charge in [0.2, 0.25) is 0 Å². The fourth-order valence-electron chi connectivity index (χ4n) is 1.90. The second-order valence-corrected chi connectivity index (χ2v) is 5.14. The molecule has 0 unspecified atom stereocenters. The Balaban J connectivity index is 2.22. The van der Waals surface area contributed by atoms with E-state index >= 15 is 0 Å². The topological polar surface area (TPSA) is 47.6 Å². The van der Waals surface area contributed by atoms with E-state index in [1.807, 2.05) is 0 Å². The summed E-state index contributed by atoms with van der Waals surface area (Å²) in [5.41, 5.74) is 0.254. The Labute approximate surface area is 141 Å². The molecule has 128 valence electrons. The third kappa shape index (κ3) is 4.79. The standard InChI is InChI=1S/C16H13ClF3NO3/c1-23-13-7-6-10(17)8-11(13)15(22)21-12-4-2-3-5-14(12)24-9-16(18,19)20/h2-8H,9H2,1H3,(H,21,22). The predicted octanol–water partition coefficient (Wildman–Crippen LogP) is 4.54. The number of nitrogens with one attached hydrogen (secondary N) is 1. The number of amides is 1. The van der Waals surface area contributed by atoms with E-state index in [2.05, 4.69) is 5.32 Å². The van der Waals surface area contributed by atoms with Crippen molar-refractivity contribution in [3.63, 3.8) is 0 Å². The molecule has 0 fully saturated rings. The molecule has 0 saturated carbocycles. The lowest BCUT2D eigenvalue weighted by atomic mass is 10.1. The van der Waals surface area contributed by atoms with E-state index < -0.39 is 18.7 Å². The van der Waals surface area contributed by atoms with Gasteiger partial charge in [0.1, 0.15) is 11.5 Å². The fourth-order valence-corrected chi connectivity index (χ4v) is 2.07. The van der Waals surface area contributed by atoms with E-state index in [1.165, 1.54) is 37.4 Å². The molecule has 8 heteroatoms. The van der Waals surface area contributed by atoms with Crippen LogP contribution < -0.4 is 14.8 Å². The largest absolute Gasteiger partial charge is 0.496 e. The zero-order valence-electron chi connectivity index (χ0n) is 12.5. The number of alkyl halides is 3. The molecule has 1 amide bonds. The van der Waals surface area contributed by atoms with Crippen LogP contribution in [0.4, 0.5) is 18.9 Å². The van der Waals surface area contributed by atoms with E-state index in [0.717, 1.165) is 0 Å². The van der Waals surface area contributed by atoms with Crippen molar-refractivity contribution < 1.29 is 27.4 Å². The van der Waals surface area contributed by atoms with Gasteiger partial charge < -0.3 is 14.8 Å². The zero-order chi connectivity index (χ0) is 17.7. The van der Waals surface area contributed by atoms with Gasteiger partial charge in [0, 0.05) is 5.02 Å². The summed E-state index contributed by atoms with van der Waals surface area (Å²) in [6.07, 6.45) is -4.48. The van der Waals surface area contributed by atoms with Crippen LogP contribution in [-0.2, 0) is 0 Å². The molecule has 2 aromatic rings. The SMILES string of the molecule is COc1ccc(Cl)cc1C(=O)Nc1ccccc1OCC(F)(F)F. The van der Waals surface area contributed by atoms with Crippen LogP contribution in [0.3, 0.4) is 0 Å². The molecular weight excluding hydrogens is 347 g/mol. The molecule has 24 heavy (non-hydrogen) atoms. The van der Waals surface area contributed by atoms with Crippen molar-refractivity contribution in [3.8, 4) is 11.5 Å². The molecule has 0 bridgehead atoms. The van der Waals surface area contributed by atoms with Crippen molar-refractivity contribution in [1.29, 1.82) is 0 Å². The van der Waals surface area contributed by atoms with Crippen LogP contribution in [0.1, 0.15) is 10.4 Å². The van der Waals surface area contributed by atoms with E-state index in [0.29, 0.717) is 5.02 Å². The lowest BCUT2D eigenvalue weighted by Crippen LogP contribution is -2.20. The van der Waals surface area contributed by atoms with Crippen LogP contribution in [-0.4, -0.2) is 25.8 Å². The Morgan fingerprint density at radius 1 is 1.17 bits per heavy atom. The molecule has 0 heterocycles. The quantitative estimate of drug-likeness (QED) is 0.852. The van der Waals surface area contributed by atoms with E-state index in [9.17, 15) is 18.0 Å². The average Bonchev–Trinajstić information content (AvgIpc) is 2.53. The first-order chi connectivity index (χ1) is 11.3. The number of para-hydroxylation sites is 2. The van der Waals surface area contributed by atoms with Crippen molar-refractivity contribution in [3.05, 3.63) is 53.1 Å². The van der Waals surface area contributed by atoms with E-state index in [4.69, 9.17) is 21.1 Å². The molecule has 0 aliphatic rings. The molecule has 1 N–H and O–H groups in total. The summed E-state index contributed by atoms with van der Waals surface area (Å²) in [5, 5.41) is 2.82. The average molecular weight is 360 g/mol. The highest BCUT2D eigenvalue weighted by Crippen LogP contribution is 2.28. The maximum atomic E-state index is 12.4. The number of halogens is 4. The monoisotopic (exact) mass is 359 g/mol. The summed E-state index contributed by atoms with van der Waals surface area (Å²) in [7, 11) is 1.39. The van der Waals surface area contributed by atoms with Gasteiger partial charge in [-0.2, -0.15) is 13.2 Å². The molecule has 0 atom stereocenters. The highest BCUT2D eigenvalue weighted by atomic mass is 35.5. The van der Waals surface area contributed by atoms with Gasteiger partial charge in [0.15, 0.2) is 6.61 Å². The number of carbonyl (C=O) groups excluding carboxylic acids is 1. The molecule has 2 aromatic carbocycles. The highest BCUT2D eigenvalue weighted by molar-refractivity contribution is 6.31. The summed E-state index contributed by atoms with van der Waals surface area (Å²) >= 11 is 5.87. The maximum Gasteiger partial charge on any atom is 0.422 e. The molecule has 0 radical (unpaired) electrons. The summed E-state index contributed by atoms with van der Waals surface area (Å²) in [4.78, 5) is 12.4. The summed E-state index contributed by atoms with van der Waals surface area (Å²) < 4.78 is 46.7. The van der Waals surface area contributed by atoms with Crippen molar-refractivity contribution in [2.45, 2.75) is 6.18 Å². The summed E-state index contributed by atoms with van der Waals surface area (Å²) in [6, 6.07) is 10.3. The Hall–Kier alpha value is -2.41. The van der Waals surface area contributed by atoms with Gasteiger partial charge in [-0.05, 0) is 30.3 Å². The van der Waals surface area contributed by atoms with Crippen LogP contribution in [0.15, 0.2) is 42.5 Å². The maximum absolute atomic E-state index is 12.4. The normalized spacial score (nSPS) is 11.0. The molecule has 2 rings (SSSR count). The van der Waals surface area contributed by atoms with Gasteiger partial charge >= 0.3 is 6.18 Å². The highest BCUT2D eigenvalue weighted by Gasteiger charge is 2.29. The first-order valence-corrected chi connectivity index (χ1v) is 7.11. The van der Waals surface area contributed by atoms with E-state index in [-0.39, 0.29) is 22.7 Å². The minimum atomic E-state index is -4.48. The van der Waals surface area contributed by atoms with Crippen molar-refractivity contribution in [2.24, 2.45) is 0 Å². The number of benzene rings is 2. The first-order valence-electron chi connectivity index (χ1n) is 6.73. The van der Waals surface area contributed by atoms with Gasteiger partial charge in [-0.25, -0.2) is 0 Å². The summed E-state index contributed by atoms with van der Waals surface area (Å²) in [6.45, 7) is -1.46. The van der Waals surface area contributed by atoms with Crippen molar-refractivity contribution >= 4 is 23.2 Å². The number of anilines is 1. The van der Waals surface area contributed by atoms with Gasteiger partial charge in [-0.15, -0.1) is 0 Å². The predicted molar refractivity (Wildman–Crippen MR) is 83.9 cm³/mol. The molecule has 0 spiro atoms. The molecule has 0 aliphatic carbocycles. The Morgan fingerprint density at radius 3 is 2.54 bits per heavy atom. The van der Waals surface area contributed by atoms with Gasteiger partial charge in [-0.3, -0.25) is 4.79 Å². The van der Waals surface area contributed by atoms with E-state index in [1.54, 1.807) is 12.1 Å². The van der Waals surface area contributed by atoms with Gasteiger partial charge in [0.25, 0.3) is 5.91 Å². The Morgan fingerprint density at radius 2 is 1.88 bits per heavy atom. The van der Waals surface area contributed by atoms with Crippen LogP contribution >= 0.6 is 11.6 Å². The zero-order valence-corrected chi connectivity index (χ0v) is 13.2. The molecule has 0 aromatic heterocycles. The van der Waals surface area contributed by atoms with Crippen molar-refractivity contribution in [1.82, 2.24) is 0 Å². The van der Waals surface area contributed by atoms with Crippen LogP contribution in [0.5, 0.6) is 11.5 Å². The lowest BCUT2D eigenvalue weighted by Gasteiger charge is -2.14. The van der Waals surface area contributed by atoms with Crippen LogP contribution in [0.2, 0.25) is 5.02 Å². The molecule has 0 saturated heterocycles. The van der Waals surface area contributed by atoms with Crippen LogP contribution in [0.25, 0.3) is 0 Å². The van der Waals surface area contributed by atoms with Crippen LogP contribution in [0, 0.1) is 0 Å². The number of hydrogen-bond donors (Lipinski definition) is 1. The van der Waals surface area contributed by atoms with Gasteiger partial charge in [0.05, 0.1) is 18.4 Å². The number of rotatable bonds is 5. The Bertz CT molecular complexity index is 735. The third-order valence-electron chi connectivity index (χ3n) is 2.93. The Kier molecular flexibility index (Phi) is 5.56. The fraction of sp³-hybridized carbons (Fsp3) is 0.188. The minimum Gasteiger partial charge on any atom is -0.496 e. The molecule has 0 aliphatic heterocycles. The second kappa shape index (κ2) is 7.44. The molecular formula is C16H13ClF3NO3. The first kappa shape index (κ1) is 17.9. The van der Waals surface area contributed by atoms with Crippen molar-refractivity contribution in [2.75, 3.05) is 19.0 Å². The third-order valence-corrected chi connectivity index (χ3v) is 3.17. The smallest absolute Gasteiger partial charge is 0.422 e. The molecule has 4 nitrogen and oxygen atoms in total. The second-order valence-electron chi connectivity index (χ2n) is 4.70. The van der Waals surface area contributed by atoms with Gasteiger partial charge in [-0.1, -0.05) is 23.7 Å². The lowest BCUT2D eigenvalue weighted by molar-refractivity contribution is -0.153. The number of methoxy groups -OCH3 is 1. The number of ether oxygens (including phenoxy) is 2. The minimum absolute atomic E-state index is 0.0934. The summed E-state index contributed by atoms with van der Waals surface area (Å²) in [5.74, 6) is -0.396.